The average molecular weight is 379 g/mol. The molecule has 0 amide bonds. The summed E-state index contributed by atoms with van der Waals surface area (Å²) in [6, 6.07) is 14.3. The fourth-order valence-electron chi connectivity index (χ4n) is 4.05. The number of hydrogen-bond acceptors (Lipinski definition) is 4. The molecule has 6 nitrogen and oxygen atoms in total. The molecule has 4 rings (SSSR count). The number of nitrogens with zero attached hydrogens (tertiary/aromatic N) is 2. The van der Waals surface area contributed by atoms with Crippen molar-refractivity contribution in [1.82, 2.24) is 15.1 Å². The monoisotopic (exact) mass is 379 g/mol. The molecule has 1 fully saturated rings. The smallest absolute Gasteiger partial charge is 0.341 e. The number of fused-ring (bicyclic) bond motifs is 1. The van der Waals surface area contributed by atoms with Crippen molar-refractivity contribution in [3.8, 4) is 5.75 Å². The Balaban J connectivity index is 1.35. The maximum Gasteiger partial charge on any atom is 0.341 e. The summed E-state index contributed by atoms with van der Waals surface area (Å²) in [7, 11) is 0. The molecule has 6 heteroatoms. The van der Waals surface area contributed by atoms with E-state index in [-0.39, 0.29) is 6.61 Å². The van der Waals surface area contributed by atoms with E-state index in [0.29, 0.717) is 11.7 Å². The molecule has 2 N–H and O–H groups in total. The van der Waals surface area contributed by atoms with E-state index >= 15 is 0 Å². The summed E-state index contributed by atoms with van der Waals surface area (Å²) in [6.45, 7) is 2.72. The van der Waals surface area contributed by atoms with E-state index in [0.717, 1.165) is 37.1 Å². The van der Waals surface area contributed by atoms with Crippen LogP contribution in [0.25, 0.3) is 10.9 Å². The predicted molar refractivity (Wildman–Crippen MR) is 107 cm³/mol. The number of H-pyrrole nitrogens is 1. The molecule has 28 heavy (non-hydrogen) atoms. The highest BCUT2D eigenvalue weighted by Crippen LogP contribution is 2.24. The topological polar surface area (TPSA) is 78.5 Å². The normalized spacial score (nSPS) is 17.6. The van der Waals surface area contributed by atoms with Crippen LogP contribution in [0.4, 0.5) is 0 Å². The van der Waals surface area contributed by atoms with Crippen LogP contribution in [0.15, 0.2) is 48.7 Å². The van der Waals surface area contributed by atoms with E-state index < -0.39 is 5.97 Å². The fraction of sp³-hybridized carbons (Fsp3) is 0.364. The lowest BCUT2D eigenvalue weighted by molar-refractivity contribution is -0.139. The van der Waals surface area contributed by atoms with Gasteiger partial charge in [0.05, 0.1) is 11.7 Å². The van der Waals surface area contributed by atoms with Gasteiger partial charge in [-0.3, -0.25) is 10.00 Å². The average Bonchev–Trinajstić information content (AvgIpc) is 3.15. The largest absolute Gasteiger partial charge is 0.482 e. The molecule has 1 aromatic heterocycles. The molecule has 0 saturated carbocycles. The Kier molecular flexibility index (Phi) is 5.58. The minimum Gasteiger partial charge on any atom is -0.482 e. The van der Waals surface area contributed by atoms with Crippen LogP contribution in [0.3, 0.4) is 0 Å². The van der Waals surface area contributed by atoms with E-state index in [4.69, 9.17) is 9.84 Å². The van der Waals surface area contributed by atoms with Crippen LogP contribution in [0.5, 0.6) is 5.75 Å². The number of piperidine rings is 1. The van der Waals surface area contributed by atoms with Crippen LogP contribution in [0.1, 0.15) is 24.0 Å². The zero-order valence-electron chi connectivity index (χ0n) is 15.8. The molecule has 1 atom stereocenters. The lowest BCUT2D eigenvalue weighted by atomic mass is 9.90. The first-order chi connectivity index (χ1) is 13.7. The third-order valence-corrected chi connectivity index (χ3v) is 5.30. The maximum absolute atomic E-state index is 10.7. The van der Waals surface area contributed by atoms with Crippen molar-refractivity contribution in [3.63, 3.8) is 0 Å². The van der Waals surface area contributed by atoms with Gasteiger partial charge in [0.15, 0.2) is 6.61 Å². The number of benzene rings is 2. The van der Waals surface area contributed by atoms with Crippen molar-refractivity contribution in [2.75, 3.05) is 19.7 Å². The van der Waals surface area contributed by atoms with Crippen LogP contribution in [0.2, 0.25) is 0 Å². The number of likely N-dealkylation sites (tertiary alicyclic amines) is 1. The number of carboxylic acids is 1. The van der Waals surface area contributed by atoms with E-state index in [9.17, 15) is 4.79 Å². The van der Waals surface area contributed by atoms with Crippen molar-refractivity contribution in [3.05, 3.63) is 59.8 Å². The molecule has 3 aromatic rings. The third-order valence-electron chi connectivity index (χ3n) is 5.30. The van der Waals surface area contributed by atoms with Gasteiger partial charge in [0.2, 0.25) is 0 Å². The van der Waals surface area contributed by atoms with Crippen molar-refractivity contribution in [2.24, 2.45) is 5.92 Å². The zero-order chi connectivity index (χ0) is 19.3. The van der Waals surface area contributed by atoms with Gasteiger partial charge in [-0.2, -0.15) is 5.10 Å². The Bertz CT molecular complexity index is 953. The highest BCUT2D eigenvalue weighted by molar-refractivity contribution is 5.78. The molecular formula is C22H25N3O3. The van der Waals surface area contributed by atoms with Gasteiger partial charge in [0.25, 0.3) is 0 Å². The van der Waals surface area contributed by atoms with Gasteiger partial charge in [-0.05, 0) is 67.1 Å². The van der Waals surface area contributed by atoms with Crippen LogP contribution < -0.4 is 4.74 Å². The number of carbonyl (C=O) groups is 1. The van der Waals surface area contributed by atoms with Crippen LogP contribution in [-0.4, -0.2) is 45.9 Å². The Labute approximate surface area is 164 Å². The molecule has 2 heterocycles. The van der Waals surface area contributed by atoms with E-state index in [1.165, 1.54) is 23.8 Å². The molecule has 1 saturated heterocycles. The molecule has 1 aliphatic rings. The van der Waals surface area contributed by atoms with Gasteiger partial charge in [0.1, 0.15) is 5.75 Å². The van der Waals surface area contributed by atoms with Crippen molar-refractivity contribution < 1.29 is 14.6 Å². The number of aromatic amines is 1. The summed E-state index contributed by atoms with van der Waals surface area (Å²) in [4.78, 5) is 13.2. The van der Waals surface area contributed by atoms with Gasteiger partial charge in [-0.25, -0.2) is 4.79 Å². The van der Waals surface area contributed by atoms with Gasteiger partial charge in [-0.1, -0.05) is 18.2 Å². The van der Waals surface area contributed by atoms with Gasteiger partial charge in [-0.15, -0.1) is 0 Å². The number of rotatable bonds is 7. The highest BCUT2D eigenvalue weighted by Gasteiger charge is 2.20. The summed E-state index contributed by atoms with van der Waals surface area (Å²) in [5, 5.41) is 17.0. The Hall–Kier alpha value is -2.86. The summed E-state index contributed by atoms with van der Waals surface area (Å²) in [6.07, 6.45) is 5.42. The number of aromatic nitrogens is 2. The van der Waals surface area contributed by atoms with E-state index in [2.05, 4.69) is 39.4 Å². The second-order valence-corrected chi connectivity index (χ2v) is 7.57. The molecule has 0 bridgehead atoms. The maximum atomic E-state index is 10.7. The van der Waals surface area contributed by atoms with Gasteiger partial charge >= 0.3 is 5.97 Å². The first-order valence-electron chi connectivity index (χ1n) is 9.73. The molecule has 1 aliphatic heterocycles. The minimum atomic E-state index is -0.960. The second kappa shape index (κ2) is 8.44. The van der Waals surface area contributed by atoms with E-state index in [1.54, 1.807) is 6.07 Å². The quantitative estimate of drug-likeness (QED) is 0.657. The van der Waals surface area contributed by atoms with Crippen LogP contribution in [-0.2, 0) is 17.8 Å². The molecule has 0 unspecified atom stereocenters. The highest BCUT2D eigenvalue weighted by atomic mass is 16.5. The molecule has 0 spiro atoms. The number of hydrogen-bond donors (Lipinski definition) is 2. The number of ether oxygens (including phenoxy) is 1. The Morgan fingerprint density at radius 2 is 2.18 bits per heavy atom. The van der Waals surface area contributed by atoms with Crippen LogP contribution >= 0.6 is 0 Å². The summed E-state index contributed by atoms with van der Waals surface area (Å²) < 4.78 is 5.30. The lowest BCUT2D eigenvalue weighted by Gasteiger charge is -2.33. The first kappa shape index (κ1) is 18.5. The molecule has 2 aromatic carbocycles. The summed E-state index contributed by atoms with van der Waals surface area (Å²) in [5.41, 5.74) is 3.60. The molecule has 146 valence electrons. The summed E-state index contributed by atoms with van der Waals surface area (Å²) in [5.74, 6) is 0.296. The Morgan fingerprint density at radius 1 is 1.25 bits per heavy atom. The fourth-order valence-corrected chi connectivity index (χ4v) is 4.05. The molecular weight excluding hydrogens is 354 g/mol. The number of nitrogens with one attached hydrogen (secondary N) is 1. The van der Waals surface area contributed by atoms with E-state index in [1.807, 2.05) is 18.3 Å². The third kappa shape index (κ3) is 4.70. The number of carboxylic acid groups (broad SMARTS) is 1. The predicted octanol–water partition coefficient (Wildman–Crippen LogP) is 3.48. The summed E-state index contributed by atoms with van der Waals surface area (Å²) >= 11 is 0. The lowest BCUT2D eigenvalue weighted by Crippen LogP contribution is -2.35. The zero-order valence-corrected chi connectivity index (χ0v) is 15.8. The van der Waals surface area contributed by atoms with Gasteiger partial charge in [0, 0.05) is 18.5 Å². The van der Waals surface area contributed by atoms with Crippen molar-refractivity contribution in [1.29, 1.82) is 0 Å². The van der Waals surface area contributed by atoms with Crippen molar-refractivity contribution >= 4 is 16.9 Å². The molecule has 0 aliphatic carbocycles. The first-order valence-corrected chi connectivity index (χ1v) is 9.73. The number of aliphatic carboxylic acids is 1. The van der Waals surface area contributed by atoms with Crippen molar-refractivity contribution in [2.45, 2.75) is 25.8 Å². The molecule has 0 radical (unpaired) electrons. The standard InChI is InChI=1S/C22H25N3O3/c26-22(27)15-28-20-5-1-3-18(11-20)14-25-8-2-4-17(13-25)9-16-6-7-21-19(10-16)12-23-24-21/h1,3,5-7,10-12,17H,2,4,8-9,13-15H2,(H,23,24)(H,26,27)/t17-/m1/s1. The SMILES string of the molecule is O=C(O)COc1cccc(CN2CCC[C@H](Cc3ccc4[nH]ncc4c3)C2)c1. The van der Waals surface area contributed by atoms with Gasteiger partial charge < -0.3 is 9.84 Å². The Morgan fingerprint density at radius 3 is 3.07 bits per heavy atom. The van der Waals surface area contributed by atoms with Crippen LogP contribution in [0, 0.1) is 5.92 Å². The second-order valence-electron chi connectivity index (χ2n) is 7.57. The minimum absolute atomic E-state index is 0.309.